The van der Waals surface area contributed by atoms with E-state index < -0.39 is 0 Å². The normalized spacial score (nSPS) is 17.1. The van der Waals surface area contributed by atoms with Crippen LogP contribution in [0.3, 0.4) is 0 Å². The number of benzene rings is 2. The molecule has 0 N–H and O–H groups in total. The molecule has 0 amide bonds. The number of rotatable bonds is 5. The van der Waals surface area contributed by atoms with Crippen molar-refractivity contribution in [2.24, 2.45) is 5.92 Å². The average molecular weight is 365 g/mol. The van der Waals surface area contributed by atoms with Crippen molar-refractivity contribution < 1.29 is 4.39 Å². The highest BCUT2D eigenvalue weighted by Gasteiger charge is 2.30. The van der Waals surface area contributed by atoms with Gasteiger partial charge in [-0.3, -0.25) is 4.90 Å². The van der Waals surface area contributed by atoms with Gasteiger partial charge in [0.25, 0.3) is 0 Å². The van der Waals surface area contributed by atoms with E-state index in [2.05, 4.69) is 39.5 Å². The molecule has 1 aliphatic heterocycles. The Balaban J connectivity index is 1.69. The molecular formula is C21H24FN5. The van der Waals surface area contributed by atoms with Crippen LogP contribution in [0.4, 0.5) is 4.39 Å². The number of hydrogen-bond donors (Lipinski definition) is 0. The molecule has 0 bridgehead atoms. The molecule has 1 fully saturated rings. The van der Waals surface area contributed by atoms with Crippen LogP contribution in [0.25, 0.3) is 0 Å². The van der Waals surface area contributed by atoms with Gasteiger partial charge in [0.1, 0.15) is 5.82 Å². The van der Waals surface area contributed by atoms with E-state index in [0.717, 1.165) is 48.8 Å². The highest BCUT2D eigenvalue weighted by Crippen LogP contribution is 2.31. The molecule has 0 spiro atoms. The van der Waals surface area contributed by atoms with Crippen molar-refractivity contribution in [1.29, 1.82) is 0 Å². The van der Waals surface area contributed by atoms with E-state index >= 15 is 0 Å². The third-order valence-corrected chi connectivity index (χ3v) is 5.35. The molecule has 6 heteroatoms. The van der Waals surface area contributed by atoms with E-state index in [9.17, 15) is 4.39 Å². The Hall–Kier alpha value is -2.60. The number of hydrogen-bond acceptors (Lipinski definition) is 4. The van der Waals surface area contributed by atoms with Crippen LogP contribution in [0.2, 0.25) is 0 Å². The van der Waals surface area contributed by atoms with Crippen LogP contribution in [0.15, 0.2) is 54.6 Å². The summed E-state index contributed by atoms with van der Waals surface area (Å²) in [5, 5.41) is 12.6. The molecule has 1 saturated heterocycles. The maximum absolute atomic E-state index is 13.5. The van der Waals surface area contributed by atoms with Gasteiger partial charge >= 0.3 is 0 Å². The third-order valence-electron chi connectivity index (χ3n) is 5.35. The maximum atomic E-state index is 13.5. The van der Waals surface area contributed by atoms with Gasteiger partial charge in [-0.05, 0) is 65.5 Å². The third kappa shape index (κ3) is 4.06. The van der Waals surface area contributed by atoms with Crippen molar-refractivity contribution in [3.05, 3.63) is 77.4 Å². The summed E-state index contributed by atoms with van der Waals surface area (Å²) < 4.78 is 15.4. The van der Waals surface area contributed by atoms with E-state index in [0.29, 0.717) is 6.54 Å². The Morgan fingerprint density at radius 1 is 1.04 bits per heavy atom. The minimum absolute atomic E-state index is 0.0724. The first-order valence-electron chi connectivity index (χ1n) is 9.50. The topological polar surface area (TPSA) is 46.8 Å². The zero-order valence-electron chi connectivity index (χ0n) is 15.5. The van der Waals surface area contributed by atoms with Gasteiger partial charge in [0.2, 0.25) is 0 Å². The van der Waals surface area contributed by atoms with Gasteiger partial charge < -0.3 is 0 Å². The second-order valence-corrected chi connectivity index (χ2v) is 7.35. The van der Waals surface area contributed by atoms with E-state index in [1.807, 2.05) is 35.0 Å². The zero-order chi connectivity index (χ0) is 18.6. The lowest BCUT2D eigenvalue weighted by Crippen LogP contribution is -2.38. The Kier molecular flexibility index (Phi) is 5.25. The van der Waals surface area contributed by atoms with Crippen LogP contribution in [-0.4, -0.2) is 38.2 Å². The predicted octanol–water partition coefficient (Wildman–Crippen LogP) is 3.68. The van der Waals surface area contributed by atoms with Crippen molar-refractivity contribution in [2.45, 2.75) is 32.4 Å². The first-order chi connectivity index (χ1) is 13.2. The molecule has 1 atom stereocenters. The Labute approximate surface area is 158 Å². The fraction of sp³-hybridized carbons (Fsp3) is 0.381. The number of tetrazole rings is 1. The van der Waals surface area contributed by atoms with Crippen LogP contribution in [-0.2, 0) is 6.54 Å². The Morgan fingerprint density at radius 3 is 2.44 bits per heavy atom. The second kappa shape index (κ2) is 7.96. The van der Waals surface area contributed by atoms with Gasteiger partial charge in [0.15, 0.2) is 5.82 Å². The summed E-state index contributed by atoms with van der Waals surface area (Å²) in [6.07, 6.45) is 2.30. The van der Waals surface area contributed by atoms with Gasteiger partial charge in [-0.2, -0.15) is 0 Å². The minimum Gasteiger partial charge on any atom is -0.290 e. The molecular weight excluding hydrogens is 341 g/mol. The quantitative estimate of drug-likeness (QED) is 0.692. The summed E-state index contributed by atoms with van der Waals surface area (Å²) in [4.78, 5) is 2.42. The number of halogens is 1. The summed E-state index contributed by atoms with van der Waals surface area (Å²) >= 11 is 0. The Bertz CT molecular complexity index is 854. The van der Waals surface area contributed by atoms with Crippen LogP contribution < -0.4 is 0 Å². The predicted molar refractivity (Wildman–Crippen MR) is 102 cm³/mol. The zero-order valence-corrected chi connectivity index (χ0v) is 15.5. The highest BCUT2D eigenvalue weighted by atomic mass is 19.1. The van der Waals surface area contributed by atoms with Crippen molar-refractivity contribution in [3.63, 3.8) is 0 Å². The van der Waals surface area contributed by atoms with E-state index in [1.54, 1.807) is 0 Å². The molecule has 1 aromatic heterocycles. The summed E-state index contributed by atoms with van der Waals surface area (Å²) in [5.74, 6) is 1.31. The maximum Gasteiger partial charge on any atom is 0.173 e. The summed E-state index contributed by atoms with van der Waals surface area (Å²) in [7, 11) is 0. The van der Waals surface area contributed by atoms with E-state index in [-0.39, 0.29) is 11.9 Å². The molecule has 0 aliphatic carbocycles. The molecule has 140 valence electrons. The molecule has 3 aromatic rings. The van der Waals surface area contributed by atoms with Crippen molar-refractivity contribution in [1.82, 2.24) is 25.1 Å². The summed E-state index contributed by atoms with van der Waals surface area (Å²) in [6.45, 7) is 4.89. The van der Waals surface area contributed by atoms with Crippen LogP contribution in [0.1, 0.15) is 42.8 Å². The van der Waals surface area contributed by atoms with Crippen molar-refractivity contribution in [2.75, 3.05) is 13.1 Å². The SMILES string of the molecule is CC1CCN([C@H](c2ccc(F)cc2)c2nnnn2Cc2ccccc2)CC1. The fourth-order valence-corrected chi connectivity index (χ4v) is 3.73. The van der Waals surface area contributed by atoms with Crippen molar-refractivity contribution in [3.8, 4) is 0 Å². The molecule has 0 saturated carbocycles. The summed E-state index contributed by atoms with van der Waals surface area (Å²) in [6, 6.07) is 16.8. The van der Waals surface area contributed by atoms with Crippen LogP contribution in [0.5, 0.6) is 0 Å². The fourth-order valence-electron chi connectivity index (χ4n) is 3.73. The number of likely N-dealkylation sites (tertiary alicyclic amines) is 1. The second-order valence-electron chi connectivity index (χ2n) is 7.35. The first kappa shape index (κ1) is 17.8. The molecule has 2 heterocycles. The molecule has 0 radical (unpaired) electrons. The lowest BCUT2D eigenvalue weighted by molar-refractivity contribution is 0.150. The van der Waals surface area contributed by atoms with Gasteiger partial charge in [-0.1, -0.05) is 49.4 Å². The number of aromatic nitrogens is 4. The lowest BCUT2D eigenvalue weighted by Gasteiger charge is -2.36. The van der Waals surface area contributed by atoms with Gasteiger partial charge in [-0.25, -0.2) is 9.07 Å². The number of nitrogens with zero attached hydrogens (tertiary/aromatic N) is 5. The lowest BCUT2D eigenvalue weighted by atomic mass is 9.95. The first-order valence-corrected chi connectivity index (χ1v) is 9.50. The smallest absolute Gasteiger partial charge is 0.173 e. The molecule has 4 rings (SSSR count). The van der Waals surface area contributed by atoms with Gasteiger partial charge in [0.05, 0.1) is 12.6 Å². The van der Waals surface area contributed by atoms with Gasteiger partial charge in [-0.15, -0.1) is 5.10 Å². The monoisotopic (exact) mass is 365 g/mol. The molecule has 27 heavy (non-hydrogen) atoms. The molecule has 0 unspecified atom stereocenters. The van der Waals surface area contributed by atoms with Crippen LogP contribution in [0, 0.1) is 11.7 Å². The summed E-state index contributed by atoms with van der Waals surface area (Å²) in [5.41, 5.74) is 2.17. The Morgan fingerprint density at radius 2 is 1.74 bits per heavy atom. The average Bonchev–Trinajstić information content (AvgIpc) is 3.13. The standard InChI is InChI=1S/C21H24FN5/c1-16-11-13-26(14-12-16)20(18-7-9-19(22)10-8-18)21-23-24-25-27(21)15-17-5-3-2-4-6-17/h2-10,16,20H,11-15H2,1H3/t20-/m1/s1. The van der Waals surface area contributed by atoms with Gasteiger partial charge in [0, 0.05) is 0 Å². The highest BCUT2D eigenvalue weighted by molar-refractivity contribution is 5.26. The minimum atomic E-state index is -0.228. The van der Waals surface area contributed by atoms with Crippen LogP contribution >= 0.6 is 0 Å². The largest absolute Gasteiger partial charge is 0.290 e. The molecule has 2 aromatic carbocycles. The van der Waals surface area contributed by atoms with E-state index in [1.165, 1.54) is 12.1 Å². The number of piperidine rings is 1. The van der Waals surface area contributed by atoms with E-state index in [4.69, 9.17) is 0 Å². The molecule has 1 aliphatic rings. The molecule has 5 nitrogen and oxygen atoms in total. The van der Waals surface area contributed by atoms with Crippen molar-refractivity contribution >= 4 is 0 Å².